The first kappa shape index (κ1) is 15.3. The summed E-state index contributed by atoms with van der Waals surface area (Å²) in [4.78, 5) is 0. The van der Waals surface area contributed by atoms with Crippen molar-refractivity contribution in [3.8, 4) is 0 Å². The first-order valence-electron chi connectivity index (χ1n) is 8.36. The Labute approximate surface area is 124 Å². The number of allylic oxidation sites excluding steroid dienone is 1. The highest BCUT2D eigenvalue weighted by molar-refractivity contribution is 5.17. The van der Waals surface area contributed by atoms with Gasteiger partial charge in [0.05, 0.1) is 0 Å². The molecule has 0 saturated heterocycles. The fourth-order valence-corrected chi connectivity index (χ4v) is 3.27. The fourth-order valence-electron chi connectivity index (χ4n) is 3.27. The average Bonchev–Trinajstić information content (AvgIpc) is 2.95. The minimum atomic E-state index is 0.686. The van der Waals surface area contributed by atoms with Crippen LogP contribution in [0.2, 0.25) is 0 Å². The number of aryl methyl sites for hydroxylation is 2. The van der Waals surface area contributed by atoms with Crippen LogP contribution in [0, 0.1) is 12.8 Å². The number of rotatable bonds is 8. The van der Waals surface area contributed by atoms with E-state index in [1.165, 1.54) is 63.5 Å². The molecule has 110 valence electrons. The van der Waals surface area contributed by atoms with Crippen molar-refractivity contribution in [2.24, 2.45) is 5.92 Å². The molecule has 0 saturated carbocycles. The molecule has 1 unspecified atom stereocenters. The van der Waals surface area contributed by atoms with Crippen LogP contribution in [0.4, 0.5) is 0 Å². The summed E-state index contributed by atoms with van der Waals surface area (Å²) in [5, 5.41) is 0. The minimum Gasteiger partial charge on any atom is -0.200 e. The second-order valence-electron chi connectivity index (χ2n) is 6.38. The van der Waals surface area contributed by atoms with E-state index in [4.69, 9.17) is 0 Å². The van der Waals surface area contributed by atoms with Gasteiger partial charge in [0.1, 0.15) is 6.54 Å². The molecule has 0 N–H and O–H groups in total. The number of hydrogen-bond donors (Lipinski definition) is 0. The van der Waals surface area contributed by atoms with Gasteiger partial charge in [0.25, 0.3) is 0 Å². The van der Waals surface area contributed by atoms with Crippen molar-refractivity contribution in [2.45, 2.75) is 71.8 Å². The third-order valence-electron chi connectivity index (χ3n) is 4.69. The summed E-state index contributed by atoms with van der Waals surface area (Å²) in [6.45, 7) is 9.61. The molecule has 2 rings (SSSR count). The van der Waals surface area contributed by atoms with Crippen LogP contribution < -0.4 is 4.57 Å². The zero-order valence-electron chi connectivity index (χ0n) is 13.3. The van der Waals surface area contributed by atoms with Crippen LogP contribution in [-0.2, 0) is 19.4 Å². The highest BCUT2D eigenvalue weighted by Gasteiger charge is 2.24. The van der Waals surface area contributed by atoms with E-state index in [1.54, 1.807) is 11.4 Å². The molecule has 0 amide bonds. The Balaban J connectivity index is 1.73. The molecule has 0 spiro atoms. The zero-order valence-corrected chi connectivity index (χ0v) is 13.3. The summed E-state index contributed by atoms with van der Waals surface area (Å²) >= 11 is 0. The van der Waals surface area contributed by atoms with Gasteiger partial charge in [0.15, 0.2) is 11.4 Å². The summed E-state index contributed by atoms with van der Waals surface area (Å²) in [6, 6.07) is 4.67. The monoisotopic (exact) mass is 272 g/mol. The molecule has 1 atom stereocenters. The van der Waals surface area contributed by atoms with E-state index in [0.717, 1.165) is 0 Å². The lowest BCUT2D eigenvalue weighted by Crippen LogP contribution is -2.38. The standard InChI is InChI=1S/C19H30N/c1-4-16(2)10-7-5-6-8-11-18-14-13-17(3)19-12-9-15-20(18)19/h4,13-14,16H,1,5-12,15H2,2-3H3/q+1. The SMILES string of the molecule is C=CC(C)CCCCCCc1ccc(C)c2[n+]1CCC2. The highest BCUT2D eigenvalue weighted by atomic mass is 15.0. The van der Waals surface area contributed by atoms with Crippen LogP contribution in [0.15, 0.2) is 24.8 Å². The molecule has 0 fully saturated rings. The Kier molecular flexibility index (Phi) is 5.82. The summed E-state index contributed by atoms with van der Waals surface area (Å²) in [6.07, 6.45) is 12.7. The van der Waals surface area contributed by atoms with Crippen LogP contribution in [-0.4, -0.2) is 0 Å². The fraction of sp³-hybridized carbons (Fsp3) is 0.632. The van der Waals surface area contributed by atoms with Crippen LogP contribution in [0.5, 0.6) is 0 Å². The third-order valence-corrected chi connectivity index (χ3v) is 4.69. The topological polar surface area (TPSA) is 3.88 Å². The first-order chi connectivity index (χ1) is 9.72. The number of unbranched alkanes of at least 4 members (excludes halogenated alkanes) is 3. The maximum Gasteiger partial charge on any atom is 0.184 e. The van der Waals surface area contributed by atoms with E-state index in [2.05, 4.69) is 43.2 Å². The van der Waals surface area contributed by atoms with E-state index in [-0.39, 0.29) is 0 Å². The lowest BCUT2D eigenvalue weighted by atomic mass is 10.0. The van der Waals surface area contributed by atoms with Crippen molar-refractivity contribution in [2.75, 3.05) is 0 Å². The number of aromatic nitrogens is 1. The minimum absolute atomic E-state index is 0.686. The molecule has 20 heavy (non-hydrogen) atoms. The van der Waals surface area contributed by atoms with Gasteiger partial charge in [-0.1, -0.05) is 32.3 Å². The average molecular weight is 272 g/mol. The number of pyridine rings is 1. The normalized spacial score (nSPS) is 15.1. The summed E-state index contributed by atoms with van der Waals surface area (Å²) in [7, 11) is 0. The van der Waals surface area contributed by atoms with Crippen molar-refractivity contribution in [3.05, 3.63) is 41.7 Å². The predicted molar refractivity (Wildman–Crippen MR) is 85.8 cm³/mol. The van der Waals surface area contributed by atoms with E-state index < -0.39 is 0 Å². The van der Waals surface area contributed by atoms with Crippen LogP contribution in [0.1, 0.15) is 62.4 Å². The number of fused-ring (bicyclic) bond motifs is 1. The number of nitrogens with zero attached hydrogens (tertiary/aromatic N) is 1. The van der Waals surface area contributed by atoms with E-state index in [1.807, 2.05) is 0 Å². The summed E-state index contributed by atoms with van der Waals surface area (Å²) in [5.74, 6) is 0.686. The van der Waals surface area contributed by atoms with Gasteiger partial charge in [-0.25, -0.2) is 0 Å². The van der Waals surface area contributed by atoms with Gasteiger partial charge in [-0.05, 0) is 31.7 Å². The Morgan fingerprint density at radius 2 is 2.05 bits per heavy atom. The third kappa shape index (κ3) is 3.94. The van der Waals surface area contributed by atoms with Gasteiger partial charge >= 0.3 is 0 Å². The lowest BCUT2D eigenvalue weighted by molar-refractivity contribution is -0.698. The van der Waals surface area contributed by atoms with Crippen LogP contribution >= 0.6 is 0 Å². The molecule has 1 aliphatic heterocycles. The first-order valence-corrected chi connectivity index (χ1v) is 8.36. The maximum atomic E-state index is 3.85. The van der Waals surface area contributed by atoms with Gasteiger partial charge in [-0.2, -0.15) is 4.57 Å². The Hall–Kier alpha value is -1.11. The molecule has 0 aliphatic carbocycles. The van der Waals surface area contributed by atoms with Crippen LogP contribution in [0.25, 0.3) is 0 Å². The zero-order chi connectivity index (χ0) is 14.4. The maximum absolute atomic E-state index is 3.85. The molecule has 1 aromatic heterocycles. The van der Waals surface area contributed by atoms with Gasteiger partial charge in [0.2, 0.25) is 0 Å². The van der Waals surface area contributed by atoms with Crippen molar-refractivity contribution in [3.63, 3.8) is 0 Å². The van der Waals surface area contributed by atoms with Crippen LogP contribution in [0.3, 0.4) is 0 Å². The highest BCUT2D eigenvalue weighted by Crippen LogP contribution is 2.16. The molecule has 1 aliphatic rings. The molecule has 0 radical (unpaired) electrons. The molecular weight excluding hydrogens is 242 g/mol. The van der Waals surface area contributed by atoms with Gasteiger partial charge in [-0.15, -0.1) is 6.58 Å². The molecule has 2 heterocycles. The summed E-state index contributed by atoms with van der Waals surface area (Å²) < 4.78 is 2.58. The summed E-state index contributed by atoms with van der Waals surface area (Å²) in [5.41, 5.74) is 4.62. The van der Waals surface area contributed by atoms with Gasteiger partial charge in [0, 0.05) is 30.9 Å². The quantitative estimate of drug-likeness (QED) is 0.371. The Morgan fingerprint density at radius 3 is 2.85 bits per heavy atom. The second-order valence-corrected chi connectivity index (χ2v) is 6.38. The van der Waals surface area contributed by atoms with E-state index in [0.29, 0.717) is 5.92 Å². The van der Waals surface area contributed by atoms with Crippen molar-refractivity contribution >= 4 is 0 Å². The van der Waals surface area contributed by atoms with Gasteiger partial charge in [-0.3, -0.25) is 0 Å². The van der Waals surface area contributed by atoms with Crippen molar-refractivity contribution in [1.82, 2.24) is 0 Å². The lowest BCUT2D eigenvalue weighted by Gasteiger charge is -2.06. The predicted octanol–water partition coefficient (Wildman–Crippen LogP) is 4.54. The molecular formula is C19H30N+. The van der Waals surface area contributed by atoms with Crippen molar-refractivity contribution < 1.29 is 4.57 Å². The molecule has 1 nitrogen and oxygen atoms in total. The van der Waals surface area contributed by atoms with Crippen molar-refractivity contribution in [1.29, 1.82) is 0 Å². The Morgan fingerprint density at radius 1 is 1.25 bits per heavy atom. The number of hydrogen-bond acceptors (Lipinski definition) is 0. The smallest absolute Gasteiger partial charge is 0.184 e. The van der Waals surface area contributed by atoms with E-state index >= 15 is 0 Å². The molecule has 0 aromatic carbocycles. The Bertz CT molecular complexity index is 447. The van der Waals surface area contributed by atoms with E-state index in [9.17, 15) is 0 Å². The molecule has 0 bridgehead atoms. The largest absolute Gasteiger partial charge is 0.200 e. The molecule has 1 aromatic rings. The van der Waals surface area contributed by atoms with Gasteiger partial charge < -0.3 is 0 Å². The molecule has 1 heteroatoms. The second kappa shape index (κ2) is 7.61.